The molecule has 3 nitrogen and oxygen atoms in total. The summed E-state index contributed by atoms with van der Waals surface area (Å²) in [6.07, 6.45) is 3.02. The van der Waals surface area contributed by atoms with Crippen LogP contribution >= 0.6 is 0 Å². The van der Waals surface area contributed by atoms with E-state index in [1.807, 2.05) is 0 Å². The van der Waals surface area contributed by atoms with Crippen LogP contribution in [0.2, 0.25) is 0 Å². The van der Waals surface area contributed by atoms with E-state index < -0.39 is 17.5 Å². The second-order valence-electron chi connectivity index (χ2n) is 4.72. The van der Waals surface area contributed by atoms with E-state index in [2.05, 4.69) is 5.32 Å². The minimum absolute atomic E-state index is 0.000863. The molecule has 98 valence electrons. The summed E-state index contributed by atoms with van der Waals surface area (Å²) >= 11 is 0. The summed E-state index contributed by atoms with van der Waals surface area (Å²) in [5, 5.41) is 2.67. The number of hydrogen-bond acceptors (Lipinski definition) is 2. The zero-order valence-corrected chi connectivity index (χ0v) is 9.96. The Morgan fingerprint density at radius 3 is 2.50 bits per heavy atom. The van der Waals surface area contributed by atoms with Gasteiger partial charge in [0.25, 0.3) is 5.91 Å². The monoisotopic (exact) mass is 254 g/mol. The summed E-state index contributed by atoms with van der Waals surface area (Å²) in [5.74, 6) is -1.71. The normalized spacial score (nSPS) is 23.1. The third-order valence-corrected chi connectivity index (χ3v) is 3.37. The highest BCUT2D eigenvalue weighted by atomic mass is 19.1. The Labute approximate surface area is 104 Å². The van der Waals surface area contributed by atoms with Crippen molar-refractivity contribution in [1.82, 2.24) is 5.32 Å². The van der Waals surface area contributed by atoms with Crippen molar-refractivity contribution in [2.24, 2.45) is 11.7 Å². The molecular formula is C13H16F2N2O. The molecule has 0 radical (unpaired) electrons. The van der Waals surface area contributed by atoms with Gasteiger partial charge >= 0.3 is 0 Å². The zero-order valence-electron chi connectivity index (χ0n) is 9.96. The molecule has 2 rings (SSSR count). The van der Waals surface area contributed by atoms with Crippen LogP contribution in [-0.4, -0.2) is 18.5 Å². The number of benzene rings is 1. The lowest BCUT2D eigenvalue weighted by Gasteiger charge is -2.15. The number of carbonyl (C=O) groups excluding carboxylic acids is 1. The van der Waals surface area contributed by atoms with E-state index >= 15 is 0 Å². The Balaban J connectivity index is 1.95. The Morgan fingerprint density at radius 2 is 1.94 bits per heavy atom. The van der Waals surface area contributed by atoms with Crippen molar-refractivity contribution < 1.29 is 13.6 Å². The maximum Gasteiger partial charge on any atom is 0.251 e. The molecule has 0 aliphatic heterocycles. The van der Waals surface area contributed by atoms with Gasteiger partial charge in [-0.15, -0.1) is 0 Å². The van der Waals surface area contributed by atoms with Crippen LogP contribution in [0.5, 0.6) is 0 Å². The lowest BCUT2D eigenvalue weighted by Crippen LogP contribution is -2.36. The molecule has 0 aromatic heterocycles. The third-order valence-electron chi connectivity index (χ3n) is 3.37. The van der Waals surface area contributed by atoms with Gasteiger partial charge in [-0.1, -0.05) is 6.42 Å². The highest BCUT2D eigenvalue weighted by molar-refractivity contribution is 5.94. The summed E-state index contributed by atoms with van der Waals surface area (Å²) in [5.41, 5.74) is 5.88. The minimum Gasteiger partial charge on any atom is -0.352 e. The van der Waals surface area contributed by atoms with Crippen molar-refractivity contribution >= 4 is 5.91 Å². The molecule has 1 fully saturated rings. The number of nitrogens with two attached hydrogens (primary N) is 1. The molecule has 0 bridgehead atoms. The fourth-order valence-corrected chi connectivity index (χ4v) is 2.33. The van der Waals surface area contributed by atoms with Crippen molar-refractivity contribution in [2.45, 2.75) is 25.3 Å². The van der Waals surface area contributed by atoms with Gasteiger partial charge in [-0.05, 0) is 30.9 Å². The first-order chi connectivity index (χ1) is 8.56. The topological polar surface area (TPSA) is 55.1 Å². The number of carbonyl (C=O) groups is 1. The van der Waals surface area contributed by atoms with Crippen LogP contribution in [-0.2, 0) is 0 Å². The predicted octanol–water partition coefficient (Wildman–Crippen LogP) is 1.82. The van der Waals surface area contributed by atoms with Gasteiger partial charge in [0.05, 0.1) is 0 Å². The molecule has 0 saturated heterocycles. The fourth-order valence-electron chi connectivity index (χ4n) is 2.33. The molecule has 1 aromatic rings. The standard InChI is InChI=1S/C13H16F2N2O/c14-10-4-9(5-11(15)6-10)13(18)17-7-8-2-1-3-12(8)16/h4-6,8,12H,1-3,7,16H2,(H,17,18). The Bertz CT molecular complexity index is 430. The maximum absolute atomic E-state index is 13.0. The molecule has 1 amide bonds. The van der Waals surface area contributed by atoms with E-state index in [9.17, 15) is 13.6 Å². The van der Waals surface area contributed by atoms with Gasteiger partial charge in [0.1, 0.15) is 11.6 Å². The van der Waals surface area contributed by atoms with Gasteiger partial charge in [0, 0.05) is 24.2 Å². The number of nitrogens with one attached hydrogen (secondary N) is 1. The van der Waals surface area contributed by atoms with Crippen molar-refractivity contribution in [1.29, 1.82) is 0 Å². The van der Waals surface area contributed by atoms with Crippen LogP contribution in [0.3, 0.4) is 0 Å². The van der Waals surface area contributed by atoms with Crippen LogP contribution in [0.4, 0.5) is 8.78 Å². The lowest BCUT2D eigenvalue weighted by atomic mass is 10.0. The largest absolute Gasteiger partial charge is 0.352 e. The summed E-state index contributed by atoms with van der Waals surface area (Å²) < 4.78 is 25.9. The van der Waals surface area contributed by atoms with E-state index in [0.29, 0.717) is 6.54 Å². The molecule has 1 saturated carbocycles. The van der Waals surface area contributed by atoms with Crippen LogP contribution in [0.15, 0.2) is 18.2 Å². The number of hydrogen-bond donors (Lipinski definition) is 2. The quantitative estimate of drug-likeness (QED) is 0.864. The molecule has 18 heavy (non-hydrogen) atoms. The van der Waals surface area contributed by atoms with E-state index in [4.69, 9.17) is 5.73 Å². The number of halogens is 2. The first kappa shape index (κ1) is 13.0. The van der Waals surface area contributed by atoms with Gasteiger partial charge < -0.3 is 11.1 Å². The Kier molecular flexibility index (Phi) is 3.91. The summed E-state index contributed by atoms with van der Waals surface area (Å²) in [6, 6.07) is 2.89. The van der Waals surface area contributed by atoms with E-state index in [1.165, 1.54) is 0 Å². The molecule has 3 N–H and O–H groups in total. The van der Waals surface area contributed by atoms with E-state index in [-0.39, 0.29) is 17.5 Å². The molecule has 0 spiro atoms. The van der Waals surface area contributed by atoms with Crippen molar-refractivity contribution in [3.05, 3.63) is 35.4 Å². The van der Waals surface area contributed by atoms with Crippen molar-refractivity contribution in [3.8, 4) is 0 Å². The smallest absolute Gasteiger partial charge is 0.251 e. The number of amides is 1. The summed E-state index contributed by atoms with van der Waals surface area (Å²) in [4.78, 5) is 11.7. The first-order valence-electron chi connectivity index (χ1n) is 6.06. The second-order valence-corrected chi connectivity index (χ2v) is 4.72. The van der Waals surface area contributed by atoms with Gasteiger partial charge in [-0.25, -0.2) is 8.78 Å². The van der Waals surface area contributed by atoms with Crippen LogP contribution in [0.1, 0.15) is 29.6 Å². The molecule has 1 aliphatic rings. The fraction of sp³-hybridized carbons (Fsp3) is 0.462. The zero-order chi connectivity index (χ0) is 13.1. The number of rotatable bonds is 3. The molecule has 2 unspecified atom stereocenters. The first-order valence-corrected chi connectivity index (χ1v) is 6.06. The second kappa shape index (κ2) is 5.44. The highest BCUT2D eigenvalue weighted by Gasteiger charge is 2.24. The van der Waals surface area contributed by atoms with Gasteiger partial charge in [0.15, 0.2) is 0 Å². The maximum atomic E-state index is 13.0. The summed E-state index contributed by atoms with van der Waals surface area (Å²) in [7, 11) is 0. The third kappa shape index (κ3) is 3.04. The molecule has 0 heterocycles. The van der Waals surface area contributed by atoms with Crippen LogP contribution in [0, 0.1) is 17.6 Å². The molecule has 1 aromatic carbocycles. The van der Waals surface area contributed by atoms with Gasteiger partial charge in [0.2, 0.25) is 0 Å². The van der Waals surface area contributed by atoms with Crippen molar-refractivity contribution in [2.75, 3.05) is 6.54 Å². The SMILES string of the molecule is NC1CCCC1CNC(=O)c1cc(F)cc(F)c1. The molecular weight excluding hydrogens is 238 g/mol. The average Bonchev–Trinajstić information content (AvgIpc) is 2.70. The Hall–Kier alpha value is -1.49. The molecule has 1 aliphatic carbocycles. The summed E-state index contributed by atoms with van der Waals surface area (Å²) in [6.45, 7) is 0.456. The average molecular weight is 254 g/mol. The van der Waals surface area contributed by atoms with Crippen LogP contribution < -0.4 is 11.1 Å². The lowest BCUT2D eigenvalue weighted by molar-refractivity contribution is 0.0945. The molecule has 5 heteroatoms. The minimum atomic E-state index is -0.752. The van der Waals surface area contributed by atoms with E-state index in [1.54, 1.807) is 0 Å². The van der Waals surface area contributed by atoms with Gasteiger partial charge in [-0.2, -0.15) is 0 Å². The van der Waals surface area contributed by atoms with Crippen LogP contribution in [0.25, 0.3) is 0 Å². The van der Waals surface area contributed by atoms with Gasteiger partial charge in [-0.3, -0.25) is 4.79 Å². The predicted molar refractivity (Wildman–Crippen MR) is 64.0 cm³/mol. The highest BCUT2D eigenvalue weighted by Crippen LogP contribution is 2.23. The van der Waals surface area contributed by atoms with Crippen molar-refractivity contribution in [3.63, 3.8) is 0 Å². The molecule has 2 atom stereocenters. The Morgan fingerprint density at radius 1 is 1.28 bits per heavy atom. The van der Waals surface area contributed by atoms with E-state index in [0.717, 1.165) is 37.5 Å².